The van der Waals surface area contributed by atoms with Crippen molar-refractivity contribution in [3.05, 3.63) is 36.4 Å². The van der Waals surface area contributed by atoms with Crippen molar-refractivity contribution in [3.63, 3.8) is 0 Å². The molecule has 1 fully saturated rings. The van der Waals surface area contributed by atoms with Crippen LogP contribution in [0.1, 0.15) is 19.8 Å². The number of carbonyl (C=O) groups excluding carboxylic acids is 1. The van der Waals surface area contributed by atoms with E-state index in [1.54, 1.807) is 12.1 Å². The maximum Gasteiger partial charge on any atom is 0.232 e. The van der Waals surface area contributed by atoms with Crippen LogP contribution in [0.15, 0.2) is 35.6 Å². The number of benzene rings is 1. The zero-order valence-corrected chi connectivity index (χ0v) is 15.7. The molecule has 1 amide bonds. The number of thioether (sulfide) groups is 1. The van der Waals surface area contributed by atoms with Crippen molar-refractivity contribution in [1.29, 1.82) is 0 Å². The van der Waals surface area contributed by atoms with Gasteiger partial charge in [0.25, 0.3) is 0 Å². The first-order chi connectivity index (χ1) is 13.1. The van der Waals surface area contributed by atoms with Gasteiger partial charge in [0, 0.05) is 13.1 Å². The van der Waals surface area contributed by atoms with Gasteiger partial charge in [-0.25, -0.2) is 14.4 Å². The lowest BCUT2D eigenvalue weighted by Crippen LogP contribution is -2.38. The molecular formula is C18H19FN6OS. The van der Waals surface area contributed by atoms with E-state index in [1.807, 2.05) is 4.90 Å². The maximum atomic E-state index is 13.1. The Morgan fingerprint density at radius 1 is 1.22 bits per heavy atom. The van der Waals surface area contributed by atoms with E-state index in [0.29, 0.717) is 33.5 Å². The summed E-state index contributed by atoms with van der Waals surface area (Å²) in [6, 6.07) is 5.94. The van der Waals surface area contributed by atoms with Crippen molar-refractivity contribution in [3.8, 4) is 5.69 Å². The van der Waals surface area contributed by atoms with Gasteiger partial charge < -0.3 is 4.90 Å². The average molecular weight is 386 g/mol. The van der Waals surface area contributed by atoms with Gasteiger partial charge in [-0.1, -0.05) is 23.9 Å². The quantitative estimate of drug-likeness (QED) is 0.507. The van der Waals surface area contributed by atoms with Gasteiger partial charge in [0.1, 0.15) is 17.2 Å². The van der Waals surface area contributed by atoms with E-state index in [9.17, 15) is 9.18 Å². The number of piperidine rings is 1. The van der Waals surface area contributed by atoms with Crippen LogP contribution >= 0.6 is 11.8 Å². The predicted octanol–water partition coefficient (Wildman–Crippen LogP) is 2.70. The first-order valence-electron chi connectivity index (χ1n) is 8.85. The van der Waals surface area contributed by atoms with Crippen molar-refractivity contribution >= 4 is 28.8 Å². The van der Waals surface area contributed by atoms with E-state index >= 15 is 0 Å². The number of halogens is 1. The van der Waals surface area contributed by atoms with Crippen LogP contribution in [0.2, 0.25) is 0 Å². The standard InChI is InChI=1S/C18H19FN6OS/c1-12-6-8-24(9-7-12)15(26)10-27-18-16-17(20-11-21-18)25(23-22-16)14-4-2-13(19)3-5-14/h2-5,11-12H,6-10H2,1H3. The molecule has 0 saturated carbocycles. The van der Waals surface area contributed by atoms with E-state index < -0.39 is 0 Å². The Bertz CT molecular complexity index is 952. The third kappa shape index (κ3) is 3.78. The highest BCUT2D eigenvalue weighted by Gasteiger charge is 2.21. The van der Waals surface area contributed by atoms with Crippen molar-refractivity contribution in [2.45, 2.75) is 24.8 Å². The summed E-state index contributed by atoms with van der Waals surface area (Å²) in [4.78, 5) is 22.9. The molecule has 27 heavy (non-hydrogen) atoms. The lowest BCUT2D eigenvalue weighted by Gasteiger charge is -2.30. The summed E-state index contributed by atoms with van der Waals surface area (Å²) < 4.78 is 14.7. The number of amides is 1. The lowest BCUT2D eigenvalue weighted by atomic mass is 9.99. The third-order valence-electron chi connectivity index (χ3n) is 4.74. The number of carbonyl (C=O) groups is 1. The molecule has 0 atom stereocenters. The molecule has 2 aromatic heterocycles. The summed E-state index contributed by atoms with van der Waals surface area (Å²) in [5.74, 6) is 0.790. The van der Waals surface area contributed by atoms with E-state index in [4.69, 9.17) is 0 Å². The summed E-state index contributed by atoms with van der Waals surface area (Å²) in [6.07, 6.45) is 3.54. The van der Waals surface area contributed by atoms with Crippen molar-refractivity contribution in [1.82, 2.24) is 29.9 Å². The van der Waals surface area contributed by atoms with Gasteiger partial charge in [-0.15, -0.1) is 5.10 Å². The molecule has 0 bridgehead atoms. The molecular weight excluding hydrogens is 367 g/mol. The monoisotopic (exact) mass is 386 g/mol. The van der Waals surface area contributed by atoms with E-state index in [-0.39, 0.29) is 11.7 Å². The fraction of sp³-hybridized carbons (Fsp3) is 0.389. The summed E-state index contributed by atoms with van der Waals surface area (Å²) >= 11 is 1.35. The Balaban J connectivity index is 1.51. The number of rotatable bonds is 4. The second-order valence-corrected chi connectivity index (χ2v) is 7.64. The number of likely N-dealkylation sites (tertiary alicyclic amines) is 1. The van der Waals surface area contributed by atoms with Gasteiger partial charge >= 0.3 is 0 Å². The SMILES string of the molecule is CC1CCN(C(=O)CSc2ncnc3c2nnn3-c2ccc(F)cc2)CC1. The minimum absolute atomic E-state index is 0.115. The van der Waals surface area contributed by atoms with Crippen LogP contribution in [0.5, 0.6) is 0 Å². The van der Waals surface area contributed by atoms with E-state index in [0.717, 1.165) is 25.9 Å². The van der Waals surface area contributed by atoms with Crippen molar-refractivity contribution < 1.29 is 9.18 Å². The average Bonchev–Trinajstić information content (AvgIpc) is 3.12. The second-order valence-electron chi connectivity index (χ2n) is 6.68. The molecule has 7 nitrogen and oxygen atoms in total. The van der Waals surface area contributed by atoms with Gasteiger partial charge in [0.15, 0.2) is 11.2 Å². The molecule has 0 radical (unpaired) electrons. The highest BCUT2D eigenvalue weighted by atomic mass is 32.2. The highest BCUT2D eigenvalue weighted by molar-refractivity contribution is 8.00. The normalized spacial score (nSPS) is 15.4. The van der Waals surface area contributed by atoms with Gasteiger partial charge in [0.05, 0.1) is 11.4 Å². The molecule has 1 aliphatic rings. The molecule has 0 N–H and O–H groups in total. The van der Waals surface area contributed by atoms with Gasteiger partial charge in [-0.2, -0.15) is 4.68 Å². The fourth-order valence-corrected chi connectivity index (χ4v) is 3.90. The van der Waals surface area contributed by atoms with Crippen LogP contribution < -0.4 is 0 Å². The molecule has 0 unspecified atom stereocenters. The smallest absolute Gasteiger partial charge is 0.232 e. The summed E-state index contributed by atoms with van der Waals surface area (Å²) in [5, 5.41) is 8.90. The van der Waals surface area contributed by atoms with Crippen LogP contribution in [-0.4, -0.2) is 54.6 Å². The maximum absolute atomic E-state index is 13.1. The summed E-state index contributed by atoms with van der Waals surface area (Å²) in [5.41, 5.74) is 1.72. The molecule has 1 aliphatic heterocycles. The molecule has 3 aromatic rings. The lowest BCUT2D eigenvalue weighted by molar-refractivity contribution is -0.129. The number of nitrogens with zero attached hydrogens (tertiary/aromatic N) is 6. The Kier molecular flexibility index (Phi) is 5.02. The minimum atomic E-state index is -0.320. The predicted molar refractivity (Wildman–Crippen MR) is 100 cm³/mol. The Labute approximate surface area is 160 Å². The van der Waals surface area contributed by atoms with Gasteiger partial charge in [-0.05, 0) is 43.0 Å². The molecule has 0 spiro atoms. The number of fused-ring (bicyclic) bond motifs is 1. The molecule has 4 rings (SSSR count). The number of hydrogen-bond donors (Lipinski definition) is 0. The largest absolute Gasteiger partial charge is 0.342 e. The molecule has 1 aromatic carbocycles. The number of hydrogen-bond acceptors (Lipinski definition) is 6. The fourth-order valence-electron chi connectivity index (χ4n) is 3.07. The topological polar surface area (TPSA) is 76.8 Å². The molecule has 140 valence electrons. The Morgan fingerprint density at radius 2 is 1.96 bits per heavy atom. The molecule has 1 saturated heterocycles. The second kappa shape index (κ2) is 7.59. The van der Waals surface area contributed by atoms with Crippen LogP contribution in [0.25, 0.3) is 16.9 Å². The highest BCUT2D eigenvalue weighted by Crippen LogP contribution is 2.25. The molecule has 9 heteroatoms. The minimum Gasteiger partial charge on any atom is -0.342 e. The third-order valence-corrected chi connectivity index (χ3v) is 5.71. The Morgan fingerprint density at radius 3 is 2.70 bits per heavy atom. The molecule has 3 heterocycles. The Hall–Kier alpha value is -2.55. The van der Waals surface area contributed by atoms with Gasteiger partial charge in [-0.3, -0.25) is 4.79 Å². The molecule has 0 aliphatic carbocycles. The first kappa shape index (κ1) is 17.8. The van der Waals surface area contributed by atoms with Crippen LogP contribution in [0.4, 0.5) is 4.39 Å². The first-order valence-corrected chi connectivity index (χ1v) is 9.83. The zero-order chi connectivity index (χ0) is 18.8. The van der Waals surface area contributed by atoms with E-state index in [1.165, 1.54) is 34.9 Å². The van der Waals surface area contributed by atoms with E-state index in [2.05, 4.69) is 27.2 Å². The van der Waals surface area contributed by atoms with Crippen LogP contribution in [0, 0.1) is 11.7 Å². The van der Waals surface area contributed by atoms with Crippen molar-refractivity contribution in [2.75, 3.05) is 18.8 Å². The van der Waals surface area contributed by atoms with Crippen LogP contribution in [-0.2, 0) is 4.79 Å². The number of aromatic nitrogens is 5. The van der Waals surface area contributed by atoms with Crippen molar-refractivity contribution in [2.24, 2.45) is 5.92 Å². The zero-order valence-electron chi connectivity index (χ0n) is 14.9. The van der Waals surface area contributed by atoms with Gasteiger partial charge in [0.2, 0.25) is 5.91 Å². The summed E-state index contributed by atoms with van der Waals surface area (Å²) in [6.45, 7) is 3.86. The van der Waals surface area contributed by atoms with Crippen LogP contribution in [0.3, 0.4) is 0 Å². The summed E-state index contributed by atoms with van der Waals surface area (Å²) in [7, 11) is 0.